The normalized spacial score (nSPS) is 16.3. The fourth-order valence-corrected chi connectivity index (χ4v) is 7.38. The maximum atomic E-state index is 13.5. The first-order valence-electron chi connectivity index (χ1n) is 19.9. The first kappa shape index (κ1) is 51.5. The number of carboxylic acids is 1. The number of carboxylic acid groups (broad SMARTS) is 1. The number of benzene rings is 4. The summed E-state index contributed by atoms with van der Waals surface area (Å²) in [5.41, 5.74) is 3.80. The third-order valence-electron chi connectivity index (χ3n) is 10.4. The second kappa shape index (κ2) is 22.7. The van der Waals surface area contributed by atoms with Gasteiger partial charge in [-0.15, -0.1) is 0 Å². The van der Waals surface area contributed by atoms with Crippen LogP contribution in [-0.2, 0) is 19.6 Å². The largest absolute Gasteiger partial charge is 1.00 e. The van der Waals surface area contributed by atoms with Crippen molar-refractivity contribution in [1.82, 2.24) is 9.97 Å². The second-order valence-corrected chi connectivity index (χ2v) is 17.4. The number of halogens is 3. The van der Waals surface area contributed by atoms with E-state index in [1.54, 1.807) is 41.3 Å². The van der Waals surface area contributed by atoms with Crippen molar-refractivity contribution in [3.63, 3.8) is 0 Å². The Morgan fingerprint density at radius 2 is 1.42 bits per heavy atom. The van der Waals surface area contributed by atoms with Crippen molar-refractivity contribution in [2.24, 2.45) is 5.92 Å². The summed E-state index contributed by atoms with van der Waals surface area (Å²) < 4.78 is 65.0. The number of rotatable bonds is 16. The van der Waals surface area contributed by atoms with Gasteiger partial charge in [0.2, 0.25) is 21.9 Å². The van der Waals surface area contributed by atoms with E-state index in [1.807, 2.05) is 13.8 Å². The van der Waals surface area contributed by atoms with E-state index < -0.39 is 46.5 Å². The van der Waals surface area contributed by atoms with Gasteiger partial charge in [0.25, 0.3) is 0 Å². The summed E-state index contributed by atoms with van der Waals surface area (Å²) in [6.07, 6.45) is 0.543. The molecule has 4 N–H and O–H groups in total. The van der Waals surface area contributed by atoms with Gasteiger partial charge in [-0.05, 0) is 103 Å². The molecule has 13 nitrogen and oxygen atoms in total. The third-order valence-corrected chi connectivity index (χ3v) is 11.5. The molecule has 4 aromatic carbocycles. The standard InChI is InChI=1S/C24H21F2NO3.C22H28FN3O6S.Na/c25-17-5-1-15(2-6-17)22(29)14-13-21-23(16-3-11-20(28)12-4-16)27(24(21)30)19-9-7-18(26)8-10-19;1-13(2)20-18(10-9-16(27)11-17(28)12-19(29)30)21(14-5-7-15(23)8-6-14)25-22(24-20)26(3)33(4,31)32;/h1-12,21-23,28-29H,13-14H2;5-10,13,16-17,27-28H,11-12H2,1-4H3,(H,29,30);/q;;+1/p-1/b;10-9+;/t21-,22+,23-;16-,17-;/m11./s1. The van der Waals surface area contributed by atoms with Gasteiger partial charge in [0.15, 0.2) is 0 Å². The van der Waals surface area contributed by atoms with Crippen LogP contribution in [0.15, 0.2) is 103 Å². The molecule has 1 amide bonds. The number of aliphatic carboxylic acids is 1. The van der Waals surface area contributed by atoms with Crippen molar-refractivity contribution >= 4 is 39.6 Å². The first-order chi connectivity index (χ1) is 29.7. The van der Waals surface area contributed by atoms with Crippen LogP contribution in [-0.4, -0.2) is 76.2 Å². The number of carbonyl (C=O) groups excluding carboxylic acids is 2. The maximum Gasteiger partial charge on any atom is 1.00 e. The summed E-state index contributed by atoms with van der Waals surface area (Å²) >= 11 is 0. The van der Waals surface area contributed by atoms with E-state index in [0.717, 1.165) is 16.1 Å². The van der Waals surface area contributed by atoms with Crippen molar-refractivity contribution < 1.29 is 86.3 Å². The molecule has 5 aromatic rings. The number of anilines is 2. The molecule has 18 heteroatoms. The van der Waals surface area contributed by atoms with Crippen molar-refractivity contribution in [1.29, 1.82) is 0 Å². The second-order valence-electron chi connectivity index (χ2n) is 15.4. The van der Waals surface area contributed by atoms with Gasteiger partial charge in [-0.1, -0.05) is 50.3 Å². The number of hydrogen-bond donors (Lipinski definition) is 4. The molecule has 5 atom stereocenters. The summed E-state index contributed by atoms with van der Waals surface area (Å²) in [6, 6.07) is 23.2. The Bertz CT molecular complexity index is 2500. The molecule has 0 spiro atoms. The minimum Gasteiger partial charge on any atom is -0.550 e. The Balaban J connectivity index is 0.000000277. The molecular formula is C46H48F3N4NaO9S. The molecule has 334 valence electrons. The number of aliphatic hydroxyl groups excluding tert-OH is 3. The van der Waals surface area contributed by atoms with E-state index in [9.17, 15) is 56.7 Å². The predicted molar refractivity (Wildman–Crippen MR) is 229 cm³/mol. The van der Waals surface area contributed by atoms with E-state index in [-0.39, 0.29) is 83.1 Å². The number of aromatic nitrogens is 2. The van der Waals surface area contributed by atoms with E-state index in [0.29, 0.717) is 46.6 Å². The van der Waals surface area contributed by atoms with E-state index in [2.05, 4.69) is 9.97 Å². The zero-order valence-corrected chi connectivity index (χ0v) is 38.7. The van der Waals surface area contributed by atoms with Gasteiger partial charge >= 0.3 is 29.6 Å². The Morgan fingerprint density at radius 3 is 1.95 bits per heavy atom. The van der Waals surface area contributed by atoms with Gasteiger partial charge in [0, 0.05) is 42.7 Å². The number of aliphatic hydroxyl groups is 3. The molecule has 0 saturated carbocycles. The molecule has 1 fully saturated rings. The zero-order chi connectivity index (χ0) is 46.2. The number of β-lactam (4-membered cyclic amide) rings is 1. The van der Waals surface area contributed by atoms with Crippen molar-refractivity contribution in [2.75, 3.05) is 22.5 Å². The molecule has 2 heterocycles. The Morgan fingerprint density at radius 1 is 0.875 bits per heavy atom. The average Bonchev–Trinajstić information content (AvgIpc) is 3.22. The van der Waals surface area contributed by atoms with Gasteiger partial charge in [0.1, 0.15) is 23.2 Å². The molecule has 0 radical (unpaired) electrons. The minimum absolute atomic E-state index is 0. The quantitative estimate of drug-likeness (QED) is 0.0838. The van der Waals surface area contributed by atoms with Crippen LogP contribution in [0.1, 0.15) is 80.0 Å². The van der Waals surface area contributed by atoms with Crippen LogP contribution < -0.4 is 43.9 Å². The van der Waals surface area contributed by atoms with Gasteiger partial charge in [-0.2, -0.15) is 0 Å². The SMILES string of the molecule is CC(C)c1nc(N(C)S(C)(=O)=O)nc(-c2ccc(F)cc2)c1/C=C/[C@@H](O)C[C@@H](O)CC(=O)[O-].O=C1[C@H](CC[C@H](O)c2ccc(F)cc2)[C@@H](c2ccc(O)cc2)N1c1ccc(F)cc1.[Na+]. The number of carbonyl (C=O) groups is 2. The Labute approximate surface area is 391 Å². The molecule has 1 saturated heterocycles. The summed E-state index contributed by atoms with van der Waals surface area (Å²) in [5, 5.41) is 50.6. The zero-order valence-electron chi connectivity index (χ0n) is 35.8. The summed E-state index contributed by atoms with van der Waals surface area (Å²) in [4.78, 5) is 34.0. The van der Waals surface area contributed by atoms with Gasteiger partial charge < -0.3 is 35.2 Å². The van der Waals surface area contributed by atoms with E-state index in [4.69, 9.17) is 0 Å². The van der Waals surface area contributed by atoms with Crippen LogP contribution in [0.25, 0.3) is 17.3 Å². The number of phenolic OH excluding ortho intramolecular Hbond substituents is 1. The molecule has 1 aliphatic heterocycles. The van der Waals surface area contributed by atoms with Crippen molar-refractivity contribution in [2.45, 2.75) is 69.8 Å². The minimum atomic E-state index is -3.66. The number of sulfonamides is 1. The summed E-state index contributed by atoms with van der Waals surface area (Å²) in [7, 11) is -2.34. The molecular weight excluding hydrogens is 865 g/mol. The third kappa shape index (κ3) is 13.4. The molecule has 1 aliphatic rings. The fourth-order valence-electron chi connectivity index (χ4n) is 7.00. The molecule has 0 unspecified atom stereocenters. The summed E-state index contributed by atoms with van der Waals surface area (Å²) in [5.74, 6) is -3.24. The van der Waals surface area contributed by atoms with Gasteiger partial charge in [0.05, 0.1) is 47.9 Å². The maximum absolute atomic E-state index is 13.5. The van der Waals surface area contributed by atoms with Crippen LogP contribution in [0, 0.1) is 23.4 Å². The van der Waals surface area contributed by atoms with Crippen molar-refractivity contribution in [3.05, 3.63) is 143 Å². The Kier molecular flexibility index (Phi) is 18.2. The topological polar surface area (TPSA) is 205 Å². The molecule has 0 aliphatic carbocycles. The average molecular weight is 913 g/mol. The molecule has 6 rings (SSSR count). The van der Waals surface area contributed by atoms with Gasteiger partial charge in [-0.25, -0.2) is 35.9 Å². The Hall–Kier alpha value is -5.14. The number of aromatic hydroxyl groups is 1. The van der Waals surface area contributed by atoms with Crippen LogP contribution >= 0.6 is 0 Å². The monoisotopic (exact) mass is 912 g/mol. The van der Waals surface area contributed by atoms with Crippen LogP contribution in [0.3, 0.4) is 0 Å². The number of amides is 1. The number of nitrogens with zero attached hydrogens (tertiary/aromatic N) is 4. The predicted octanol–water partition coefficient (Wildman–Crippen LogP) is 2.96. The van der Waals surface area contributed by atoms with E-state index >= 15 is 0 Å². The van der Waals surface area contributed by atoms with Gasteiger partial charge in [-0.3, -0.25) is 4.79 Å². The summed E-state index contributed by atoms with van der Waals surface area (Å²) in [6.45, 7) is 3.69. The fraction of sp³-hybridized carbons (Fsp3) is 0.304. The van der Waals surface area contributed by atoms with E-state index in [1.165, 1.54) is 79.9 Å². The smallest absolute Gasteiger partial charge is 0.550 e. The number of hydrogen-bond acceptors (Lipinski definition) is 11. The number of phenols is 1. The molecule has 1 aromatic heterocycles. The van der Waals surface area contributed by atoms with Crippen LogP contribution in [0.4, 0.5) is 24.8 Å². The molecule has 64 heavy (non-hydrogen) atoms. The van der Waals surface area contributed by atoms with Crippen LogP contribution in [0.2, 0.25) is 0 Å². The van der Waals surface area contributed by atoms with Crippen LogP contribution in [0.5, 0.6) is 5.75 Å². The van der Waals surface area contributed by atoms with Crippen molar-refractivity contribution in [3.8, 4) is 17.0 Å². The first-order valence-corrected chi connectivity index (χ1v) is 21.7. The molecule has 0 bridgehead atoms.